The maximum Gasteiger partial charge on any atom is 0.332 e. The van der Waals surface area contributed by atoms with E-state index in [4.69, 9.17) is 5.11 Å². The second-order valence-corrected chi connectivity index (χ2v) is 16.9. The molecule has 3 heterocycles. The Morgan fingerprint density at radius 3 is 1.92 bits per heavy atom. The number of hydrogen-bond donors (Lipinski definition) is 3. The molecular weight excluding hydrogens is 789 g/mol. The van der Waals surface area contributed by atoms with Crippen molar-refractivity contribution in [2.45, 2.75) is 55.9 Å². The number of hydrogen-bond acceptors (Lipinski definition) is 10. The summed E-state index contributed by atoms with van der Waals surface area (Å²) in [6, 6.07) is 31.8. The van der Waals surface area contributed by atoms with E-state index in [2.05, 4.69) is 129 Å². The van der Waals surface area contributed by atoms with E-state index in [1.54, 1.807) is 36.9 Å². The van der Waals surface area contributed by atoms with Crippen molar-refractivity contribution in [1.82, 2.24) is 28.5 Å². The van der Waals surface area contributed by atoms with Gasteiger partial charge in [0.15, 0.2) is 11.2 Å². The number of carbonyl (C=O) groups is 1. The molecule has 0 bridgehead atoms. The zero-order valence-electron chi connectivity index (χ0n) is 37.3. The highest BCUT2D eigenvalue weighted by molar-refractivity contribution is 7.99. The summed E-state index contributed by atoms with van der Waals surface area (Å²) in [5, 5.41) is 21.0. The summed E-state index contributed by atoms with van der Waals surface area (Å²) in [7, 11) is 13.3. The minimum Gasteiger partial charge on any atom is -0.508 e. The Morgan fingerprint density at radius 1 is 0.803 bits per heavy atom. The van der Waals surface area contributed by atoms with Crippen molar-refractivity contribution < 1.29 is 15.0 Å². The minimum absolute atomic E-state index is 0.115. The summed E-state index contributed by atoms with van der Waals surface area (Å²) in [5.41, 5.74) is 4.77. The van der Waals surface area contributed by atoms with Crippen LogP contribution in [-0.2, 0) is 25.9 Å². The van der Waals surface area contributed by atoms with Crippen LogP contribution in [0, 0.1) is 5.92 Å². The highest BCUT2D eigenvalue weighted by atomic mass is 32.2. The molecule has 1 aliphatic heterocycles. The van der Waals surface area contributed by atoms with Crippen molar-refractivity contribution in [3.63, 3.8) is 0 Å². The van der Waals surface area contributed by atoms with E-state index in [9.17, 15) is 19.5 Å². The lowest BCUT2D eigenvalue weighted by Crippen LogP contribution is -2.37. The number of fused-ring (bicyclic) bond motifs is 3. The number of carbonyl (C=O) groups excluding carboxylic acids is 1. The van der Waals surface area contributed by atoms with Gasteiger partial charge in [0.25, 0.3) is 5.56 Å². The summed E-state index contributed by atoms with van der Waals surface area (Å²) in [6.07, 6.45) is 2.63. The number of phenols is 2. The first-order valence-electron chi connectivity index (χ1n) is 20.3. The van der Waals surface area contributed by atoms with Gasteiger partial charge in [0, 0.05) is 62.7 Å². The van der Waals surface area contributed by atoms with E-state index in [1.807, 2.05) is 23.9 Å². The number of anilines is 3. The van der Waals surface area contributed by atoms with E-state index in [0.29, 0.717) is 40.5 Å². The van der Waals surface area contributed by atoms with Gasteiger partial charge < -0.3 is 34.8 Å². The van der Waals surface area contributed by atoms with E-state index in [1.165, 1.54) is 63.7 Å². The molecule has 6 aromatic rings. The van der Waals surface area contributed by atoms with Crippen LogP contribution in [0.4, 0.5) is 17.1 Å². The number of nitrogens with zero attached hydrogens (tertiary/aromatic N) is 7. The number of likely N-dealkylation sites (N-methyl/N-ethyl adjacent to an activating group) is 1. The van der Waals surface area contributed by atoms with Crippen LogP contribution >= 0.6 is 11.8 Å². The topological polar surface area (TPSA) is 141 Å². The van der Waals surface area contributed by atoms with Gasteiger partial charge in [-0.2, -0.15) is 0 Å². The van der Waals surface area contributed by atoms with E-state index in [-0.39, 0.29) is 22.9 Å². The number of rotatable bonds is 9. The third-order valence-electron chi connectivity index (χ3n) is 10.4. The van der Waals surface area contributed by atoms with Crippen LogP contribution in [0.1, 0.15) is 45.6 Å². The summed E-state index contributed by atoms with van der Waals surface area (Å²) in [5.74, 6) is 1.57. The van der Waals surface area contributed by atoms with E-state index < -0.39 is 0 Å². The molecule has 3 N–H and O–H groups in total. The lowest BCUT2D eigenvalue weighted by Gasteiger charge is -2.36. The minimum atomic E-state index is -0.360. The Morgan fingerprint density at radius 2 is 1.39 bits per heavy atom. The molecule has 2 aromatic heterocycles. The van der Waals surface area contributed by atoms with Gasteiger partial charge in [-0.15, -0.1) is 0 Å². The zero-order chi connectivity index (χ0) is 45.0. The first-order valence-corrected chi connectivity index (χ1v) is 21.1. The van der Waals surface area contributed by atoms with Crippen molar-refractivity contribution in [2.24, 2.45) is 27.1 Å². The molecule has 7 rings (SSSR count). The summed E-state index contributed by atoms with van der Waals surface area (Å²) in [6.45, 7) is 10.3. The molecule has 4 aromatic carbocycles. The molecular formula is C47H62N8O5S. The number of amides is 1. The van der Waals surface area contributed by atoms with Crippen LogP contribution in [0.5, 0.6) is 11.5 Å². The van der Waals surface area contributed by atoms with Gasteiger partial charge in [-0.25, -0.2) is 9.78 Å². The van der Waals surface area contributed by atoms with Crippen LogP contribution in [0.15, 0.2) is 123 Å². The monoisotopic (exact) mass is 850 g/mol. The second-order valence-electron chi connectivity index (χ2n) is 15.8. The average molecular weight is 851 g/mol. The fourth-order valence-corrected chi connectivity index (χ4v) is 8.15. The van der Waals surface area contributed by atoms with Crippen LogP contribution in [-0.4, -0.2) is 91.9 Å². The molecule has 1 unspecified atom stereocenters. The Kier molecular flexibility index (Phi) is 17.4. The lowest BCUT2D eigenvalue weighted by molar-refractivity contribution is -0.114. The molecule has 326 valence electrons. The highest BCUT2D eigenvalue weighted by Gasteiger charge is 2.24. The van der Waals surface area contributed by atoms with Crippen molar-refractivity contribution >= 4 is 45.9 Å². The highest BCUT2D eigenvalue weighted by Crippen LogP contribution is 2.47. The first kappa shape index (κ1) is 47.8. The molecule has 0 fully saturated rings. The van der Waals surface area contributed by atoms with Crippen LogP contribution in [0.2, 0.25) is 0 Å². The van der Waals surface area contributed by atoms with Crippen molar-refractivity contribution in [3.05, 3.63) is 130 Å². The zero-order valence-corrected chi connectivity index (χ0v) is 38.1. The number of aryl methyl sites for hydroxylation is 2. The Hall–Kier alpha value is -5.83. The third-order valence-corrected chi connectivity index (χ3v) is 11.6. The number of benzene rings is 4. The molecule has 1 aliphatic rings. The molecule has 0 saturated carbocycles. The maximum absolute atomic E-state index is 11.7. The van der Waals surface area contributed by atoms with Gasteiger partial charge in [-0.3, -0.25) is 18.7 Å². The number of para-hydroxylation sites is 2. The van der Waals surface area contributed by atoms with Crippen LogP contribution in [0.25, 0.3) is 11.2 Å². The number of imidazole rings is 1. The molecule has 3 atom stereocenters. The predicted octanol–water partition coefficient (Wildman–Crippen LogP) is 7.64. The van der Waals surface area contributed by atoms with Crippen LogP contribution < -0.4 is 21.5 Å². The Labute approximate surface area is 363 Å². The van der Waals surface area contributed by atoms with Gasteiger partial charge in [0.1, 0.15) is 11.5 Å². The van der Waals surface area contributed by atoms with Crippen molar-refractivity contribution in [2.75, 3.05) is 51.5 Å². The molecule has 0 radical (unpaired) electrons. The number of aromatic hydroxyl groups is 2. The summed E-state index contributed by atoms with van der Waals surface area (Å²) >= 11 is 1.87. The quantitative estimate of drug-likeness (QED) is 0.124. The van der Waals surface area contributed by atoms with Crippen molar-refractivity contribution in [1.29, 1.82) is 0 Å². The normalized spacial score (nSPS) is 13.0. The predicted molar refractivity (Wildman–Crippen MR) is 250 cm³/mol. The van der Waals surface area contributed by atoms with Gasteiger partial charge in [-0.1, -0.05) is 62.0 Å². The van der Waals surface area contributed by atoms with E-state index >= 15 is 0 Å². The summed E-state index contributed by atoms with van der Waals surface area (Å²) in [4.78, 5) is 47.3. The van der Waals surface area contributed by atoms with Crippen LogP contribution in [0.3, 0.4) is 0 Å². The molecule has 14 heteroatoms. The van der Waals surface area contributed by atoms with E-state index in [0.717, 1.165) is 24.1 Å². The fraction of sp³-hybridized carbons (Fsp3) is 0.362. The van der Waals surface area contributed by atoms with Gasteiger partial charge in [-0.05, 0) is 120 Å². The van der Waals surface area contributed by atoms with Crippen molar-refractivity contribution in [3.8, 4) is 11.5 Å². The number of phenolic OH excluding ortho intramolecular Hbond substituents is 2. The fourth-order valence-electron chi connectivity index (χ4n) is 7.05. The lowest BCUT2D eigenvalue weighted by atomic mass is 9.85. The smallest absolute Gasteiger partial charge is 0.332 e. The summed E-state index contributed by atoms with van der Waals surface area (Å²) < 4.78 is 4.04. The average Bonchev–Trinajstić information content (AvgIpc) is 3.62. The molecule has 61 heavy (non-hydrogen) atoms. The first-order chi connectivity index (χ1) is 28.9. The Balaban J connectivity index is 0.000000183. The molecule has 1 amide bonds. The number of nitrogens with one attached hydrogen (secondary N) is 1. The molecule has 0 aliphatic carbocycles. The van der Waals surface area contributed by atoms with Gasteiger partial charge >= 0.3 is 5.69 Å². The third kappa shape index (κ3) is 12.8. The number of aromatic nitrogens is 4. The maximum atomic E-state index is 11.7. The van der Waals surface area contributed by atoms with Gasteiger partial charge in [0.2, 0.25) is 5.91 Å². The second kappa shape index (κ2) is 22.1. The van der Waals surface area contributed by atoms with Gasteiger partial charge in [0.05, 0.1) is 17.7 Å². The SMILES string of the molecule is CC(=O)Nc1ccc(O)cc1.CC(CN1c2ccccc2Sc2ccccc21)N(C)C.CC[C@@H](c1cccc(O)c1)[C@@H](C)CN(C)C.Cn1c(=O)c2c(ncn2C)n(C)c1=O. The molecule has 13 nitrogen and oxygen atoms in total. The standard InChI is InChI=1S/C17H20N2S.C14H23NO.C8H10N4O2.C8H9NO2/c1-13(18(2)3)12-19-14-8-4-6-10-16(14)20-17-11-7-5-9-15(17)19;1-5-14(11(2)10-15(3)4)12-7-6-8-13(16)9-12;1-10-4-9-6-5(10)7(13)12(3)8(14)11(6)2;1-6(10)9-7-2-4-8(11)5-3-7/h4-11,13H,12H2,1-3H3;6-9,11,14,16H,5,10H2,1-4H3;4H,1-3H3;2-5,11H,1H3,(H,9,10)/t;11-,14+;;/m.0../s1. The molecule has 0 spiro atoms. The molecule has 0 saturated heterocycles. The largest absolute Gasteiger partial charge is 0.508 e. The Bertz CT molecular complexity index is 2430.